The van der Waals surface area contributed by atoms with Crippen LogP contribution in [0.15, 0.2) is 24.3 Å². The fourth-order valence-corrected chi connectivity index (χ4v) is 0.959. The number of hydrogen-bond acceptors (Lipinski definition) is 2. The minimum atomic E-state index is -0.105. The van der Waals surface area contributed by atoms with E-state index in [-0.39, 0.29) is 5.91 Å². The van der Waals surface area contributed by atoms with Crippen LogP contribution in [-0.4, -0.2) is 12.5 Å². The first-order valence-corrected chi connectivity index (χ1v) is 5.06. The average molecular weight is 204 g/mol. The van der Waals surface area contributed by atoms with Gasteiger partial charge in [-0.05, 0) is 31.2 Å². The van der Waals surface area contributed by atoms with Crippen molar-refractivity contribution in [2.24, 2.45) is 0 Å². The average Bonchev–Trinajstić information content (AvgIpc) is 2.32. The van der Waals surface area contributed by atoms with E-state index in [0.717, 1.165) is 0 Å². The summed E-state index contributed by atoms with van der Waals surface area (Å²) in [7, 11) is 0. The number of benzene rings is 1. The quantitative estimate of drug-likeness (QED) is 0.803. The van der Waals surface area contributed by atoms with E-state index in [0.29, 0.717) is 17.7 Å². The summed E-state index contributed by atoms with van der Waals surface area (Å²) in [6, 6.07) is 8.54. The predicted molar refractivity (Wildman–Crippen MR) is 60.5 cm³/mol. The summed E-state index contributed by atoms with van der Waals surface area (Å²) in [5.74, 6) is -0.105. The predicted octanol–water partition coefficient (Wildman–Crippen LogP) is 2.33. The fourth-order valence-electron chi connectivity index (χ4n) is 0.959. The Morgan fingerprint density at radius 1 is 1.33 bits per heavy atom. The van der Waals surface area contributed by atoms with E-state index in [9.17, 15) is 4.79 Å². The number of carbonyl (C=O) groups is 1. The highest BCUT2D eigenvalue weighted by Crippen LogP contribution is 2.02. The van der Waals surface area contributed by atoms with E-state index in [4.69, 9.17) is 5.26 Å². The topological polar surface area (TPSA) is 52.9 Å². The summed E-state index contributed by atoms with van der Waals surface area (Å²) >= 11 is 0. The molecule has 0 saturated carbocycles. The summed E-state index contributed by atoms with van der Waals surface area (Å²) < 4.78 is 0. The lowest BCUT2D eigenvalue weighted by Gasteiger charge is -2.00. The van der Waals surface area contributed by atoms with Crippen LogP contribution in [-0.2, 0) is 0 Å². The highest BCUT2D eigenvalue weighted by Gasteiger charge is 2.02. The van der Waals surface area contributed by atoms with Crippen molar-refractivity contribution in [2.45, 2.75) is 20.8 Å². The lowest BCUT2D eigenvalue weighted by atomic mass is 10.1. The zero-order valence-corrected chi connectivity index (χ0v) is 9.37. The zero-order chi connectivity index (χ0) is 11.7. The second kappa shape index (κ2) is 7.57. The fraction of sp³-hybridized carbons (Fsp3) is 0.333. The van der Waals surface area contributed by atoms with Gasteiger partial charge >= 0.3 is 0 Å². The van der Waals surface area contributed by atoms with Crippen molar-refractivity contribution in [1.29, 1.82) is 5.26 Å². The molecule has 0 aliphatic heterocycles. The first-order chi connectivity index (χ1) is 7.27. The van der Waals surface area contributed by atoms with Crippen molar-refractivity contribution in [1.82, 2.24) is 5.32 Å². The van der Waals surface area contributed by atoms with E-state index in [1.165, 1.54) is 0 Å². The number of nitriles is 1. The first kappa shape index (κ1) is 13.2. The van der Waals surface area contributed by atoms with Crippen LogP contribution < -0.4 is 5.32 Å². The van der Waals surface area contributed by atoms with E-state index in [2.05, 4.69) is 5.32 Å². The second-order valence-electron chi connectivity index (χ2n) is 2.55. The van der Waals surface area contributed by atoms with Crippen molar-refractivity contribution >= 4 is 5.91 Å². The number of nitrogens with zero attached hydrogens (tertiary/aromatic N) is 1. The monoisotopic (exact) mass is 204 g/mol. The van der Waals surface area contributed by atoms with Crippen LogP contribution in [0.4, 0.5) is 0 Å². The van der Waals surface area contributed by atoms with Gasteiger partial charge in [0.2, 0.25) is 0 Å². The molecule has 0 radical (unpaired) electrons. The number of nitrogens with one attached hydrogen (secondary N) is 1. The molecule has 80 valence electrons. The van der Waals surface area contributed by atoms with E-state index >= 15 is 0 Å². The van der Waals surface area contributed by atoms with E-state index < -0.39 is 0 Å². The van der Waals surface area contributed by atoms with E-state index in [1.807, 2.05) is 26.8 Å². The maximum absolute atomic E-state index is 11.3. The molecular weight excluding hydrogens is 188 g/mol. The Morgan fingerprint density at radius 2 is 1.87 bits per heavy atom. The Bertz CT molecular complexity index is 336. The molecule has 1 aromatic carbocycles. The van der Waals surface area contributed by atoms with Gasteiger partial charge in [0.05, 0.1) is 11.6 Å². The van der Waals surface area contributed by atoms with Crippen LogP contribution in [0.2, 0.25) is 0 Å². The van der Waals surface area contributed by atoms with Gasteiger partial charge in [0.15, 0.2) is 0 Å². The third-order valence-electron chi connectivity index (χ3n) is 1.61. The number of amides is 1. The van der Waals surface area contributed by atoms with Crippen LogP contribution in [0.5, 0.6) is 0 Å². The van der Waals surface area contributed by atoms with Crippen LogP contribution in [0.1, 0.15) is 36.7 Å². The summed E-state index contributed by atoms with van der Waals surface area (Å²) in [5, 5.41) is 11.2. The Morgan fingerprint density at radius 3 is 2.27 bits per heavy atom. The Hall–Kier alpha value is -1.82. The molecule has 15 heavy (non-hydrogen) atoms. The van der Waals surface area contributed by atoms with Crippen molar-refractivity contribution in [3.05, 3.63) is 35.4 Å². The Labute approximate surface area is 90.7 Å². The van der Waals surface area contributed by atoms with Gasteiger partial charge < -0.3 is 5.32 Å². The van der Waals surface area contributed by atoms with Crippen molar-refractivity contribution in [3.63, 3.8) is 0 Å². The zero-order valence-electron chi connectivity index (χ0n) is 9.37. The van der Waals surface area contributed by atoms with Crippen molar-refractivity contribution in [2.75, 3.05) is 6.54 Å². The molecule has 0 aromatic heterocycles. The molecule has 1 rings (SSSR count). The number of rotatable bonds is 2. The summed E-state index contributed by atoms with van der Waals surface area (Å²) in [5.41, 5.74) is 1.15. The molecule has 0 unspecified atom stereocenters. The smallest absolute Gasteiger partial charge is 0.251 e. The standard InChI is InChI=1S/C10H10N2O.C2H6/c1-2-12-10(13)9-5-3-8(7-11)4-6-9;1-2/h3-6H,2H2,1H3,(H,12,13);1-2H3. The first-order valence-electron chi connectivity index (χ1n) is 5.06. The normalized spacial score (nSPS) is 8.13. The SMILES string of the molecule is CC.CCNC(=O)c1ccc(C#N)cc1. The molecule has 0 heterocycles. The summed E-state index contributed by atoms with van der Waals surface area (Å²) in [6.07, 6.45) is 0. The van der Waals surface area contributed by atoms with Gasteiger partial charge in [0.1, 0.15) is 0 Å². The number of carbonyl (C=O) groups excluding carboxylic acids is 1. The maximum atomic E-state index is 11.3. The molecular formula is C12H16N2O. The van der Waals surface area contributed by atoms with Crippen LogP contribution >= 0.6 is 0 Å². The van der Waals surface area contributed by atoms with Crippen molar-refractivity contribution < 1.29 is 4.79 Å². The van der Waals surface area contributed by atoms with Gasteiger partial charge in [0.25, 0.3) is 5.91 Å². The Kier molecular flexibility index (Phi) is 6.65. The van der Waals surface area contributed by atoms with Gasteiger partial charge in [-0.15, -0.1) is 0 Å². The highest BCUT2D eigenvalue weighted by atomic mass is 16.1. The maximum Gasteiger partial charge on any atom is 0.251 e. The van der Waals surface area contributed by atoms with Gasteiger partial charge in [-0.2, -0.15) is 5.26 Å². The Balaban J connectivity index is 0.000000921. The van der Waals surface area contributed by atoms with Crippen LogP contribution in [0.25, 0.3) is 0 Å². The molecule has 3 heteroatoms. The molecule has 0 atom stereocenters. The van der Waals surface area contributed by atoms with Crippen LogP contribution in [0, 0.1) is 11.3 Å². The van der Waals surface area contributed by atoms with Gasteiger partial charge in [-0.1, -0.05) is 13.8 Å². The van der Waals surface area contributed by atoms with E-state index in [1.54, 1.807) is 24.3 Å². The second-order valence-corrected chi connectivity index (χ2v) is 2.55. The molecule has 1 N–H and O–H groups in total. The summed E-state index contributed by atoms with van der Waals surface area (Å²) in [6.45, 7) is 6.47. The molecule has 0 aliphatic carbocycles. The molecule has 1 aromatic rings. The molecule has 1 amide bonds. The third kappa shape index (κ3) is 4.28. The molecule has 0 spiro atoms. The van der Waals surface area contributed by atoms with Gasteiger partial charge in [-0.25, -0.2) is 0 Å². The van der Waals surface area contributed by atoms with Gasteiger partial charge in [-0.3, -0.25) is 4.79 Å². The lowest BCUT2D eigenvalue weighted by molar-refractivity contribution is 0.0956. The van der Waals surface area contributed by atoms with Crippen molar-refractivity contribution in [3.8, 4) is 6.07 Å². The molecule has 0 aliphatic rings. The molecule has 0 saturated heterocycles. The minimum absolute atomic E-state index is 0.105. The van der Waals surface area contributed by atoms with Crippen LogP contribution in [0.3, 0.4) is 0 Å². The minimum Gasteiger partial charge on any atom is -0.352 e. The molecule has 0 bridgehead atoms. The summed E-state index contributed by atoms with van der Waals surface area (Å²) in [4.78, 5) is 11.3. The lowest BCUT2D eigenvalue weighted by Crippen LogP contribution is -2.22. The number of hydrogen-bond donors (Lipinski definition) is 1. The third-order valence-corrected chi connectivity index (χ3v) is 1.61. The largest absolute Gasteiger partial charge is 0.352 e. The molecule has 3 nitrogen and oxygen atoms in total. The highest BCUT2D eigenvalue weighted by molar-refractivity contribution is 5.94. The molecule has 0 fully saturated rings. The van der Waals surface area contributed by atoms with Gasteiger partial charge in [0, 0.05) is 12.1 Å².